The monoisotopic (exact) mass is 670 g/mol. The molecule has 4 aromatic rings. The van der Waals surface area contributed by atoms with E-state index in [9.17, 15) is 10.1 Å². The number of benzene rings is 3. The molecule has 0 aliphatic carbocycles. The van der Waals surface area contributed by atoms with Gasteiger partial charge in [0.25, 0.3) is 5.56 Å². The molecule has 1 heterocycles. The highest BCUT2D eigenvalue weighted by molar-refractivity contribution is 9.10. The van der Waals surface area contributed by atoms with Crippen molar-refractivity contribution in [3.05, 3.63) is 95.4 Å². The Morgan fingerprint density at radius 3 is 2.67 bits per heavy atom. The molecule has 39 heavy (non-hydrogen) atoms. The van der Waals surface area contributed by atoms with Crippen molar-refractivity contribution in [2.75, 3.05) is 6.61 Å². The van der Waals surface area contributed by atoms with E-state index in [1.807, 2.05) is 45.0 Å². The smallest absolute Gasteiger partial charge is 0.282 e. The fourth-order valence-corrected chi connectivity index (χ4v) is 4.91. The number of halogens is 3. The second kappa shape index (κ2) is 12.8. The molecule has 0 amide bonds. The van der Waals surface area contributed by atoms with E-state index in [4.69, 9.17) is 26.1 Å². The highest BCUT2D eigenvalue weighted by Gasteiger charge is 2.19. The molecule has 0 N–H and O–H groups in total. The first-order chi connectivity index (χ1) is 18.8. The number of fused-ring (bicyclic) bond motifs is 1. The topological polar surface area (TPSA) is 89.5 Å². The zero-order chi connectivity index (χ0) is 28.1. The van der Waals surface area contributed by atoms with Gasteiger partial charge < -0.3 is 9.47 Å². The van der Waals surface area contributed by atoms with E-state index in [1.165, 1.54) is 4.68 Å². The Morgan fingerprint density at radius 2 is 1.95 bits per heavy atom. The molecule has 0 saturated heterocycles. The van der Waals surface area contributed by atoms with Gasteiger partial charge in [0.05, 0.1) is 35.4 Å². The van der Waals surface area contributed by atoms with Crippen molar-refractivity contribution in [2.45, 2.75) is 39.7 Å². The van der Waals surface area contributed by atoms with Gasteiger partial charge in [-0.25, -0.2) is 4.98 Å². The lowest BCUT2D eigenvalue weighted by atomic mass is 10.1. The van der Waals surface area contributed by atoms with E-state index < -0.39 is 0 Å². The molecule has 0 aliphatic heterocycles. The third-order valence-electron chi connectivity index (χ3n) is 6.16. The Hall–Kier alpha value is -3.19. The summed E-state index contributed by atoms with van der Waals surface area (Å²) in [5.41, 5.74) is 2.19. The van der Waals surface area contributed by atoms with Crippen LogP contribution in [-0.4, -0.2) is 22.5 Å². The number of hydrogen-bond donors (Lipinski definition) is 0. The number of hydrogen-bond acceptors (Lipinski definition) is 6. The van der Waals surface area contributed by atoms with Crippen LogP contribution in [0.1, 0.15) is 55.6 Å². The molecule has 4 rings (SSSR count). The zero-order valence-electron chi connectivity index (χ0n) is 21.5. The Labute approximate surface area is 248 Å². The lowest BCUT2D eigenvalue weighted by Crippen LogP contribution is -2.23. The summed E-state index contributed by atoms with van der Waals surface area (Å²) >= 11 is 13.7. The molecule has 0 spiro atoms. The summed E-state index contributed by atoms with van der Waals surface area (Å²) in [6.45, 7) is 6.41. The fourth-order valence-electron chi connectivity index (χ4n) is 3.90. The number of nitriles is 1. The van der Waals surface area contributed by atoms with Crippen LogP contribution in [0.15, 0.2) is 67.4 Å². The van der Waals surface area contributed by atoms with Gasteiger partial charge in [0, 0.05) is 26.0 Å². The van der Waals surface area contributed by atoms with Crippen LogP contribution in [0.3, 0.4) is 0 Å². The summed E-state index contributed by atoms with van der Waals surface area (Å²) in [4.78, 5) is 18.2. The van der Waals surface area contributed by atoms with Gasteiger partial charge in [0.1, 0.15) is 17.5 Å². The molecular weight excluding hydrogens is 648 g/mol. The van der Waals surface area contributed by atoms with Crippen LogP contribution in [0.4, 0.5) is 0 Å². The van der Waals surface area contributed by atoms with Gasteiger partial charge in [0.2, 0.25) is 0 Å². The number of aromatic nitrogens is 2. The molecule has 7 nitrogen and oxygen atoms in total. The van der Waals surface area contributed by atoms with Gasteiger partial charge in [0.15, 0.2) is 11.5 Å². The lowest BCUT2D eigenvalue weighted by molar-refractivity contribution is 0.269. The average Bonchev–Trinajstić information content (AvgIpc) is 2.94. The van der Waals surface area contributed by atoms with Crippen LogP contribution in [0.5, 0.6) is 11.5 Å². The van der Waals surface area contributed by atoms with Crippen LogP contribution >= 0.6 is 43.5 Å². The fraction of sp³-hybridized carbons (Fsp3) is 0.241. The minimum absolute atomic E-state index is 0.000903. The minimum atomic E-state index is -0.267. The number of ether oxygens (including phenoxy) is 2. The van der Waals surface area contributed by atoms with Crippen molar-refractivity contribution in [1.29, 1.82) is 5.26 Å². The molecule has 0 fully saturated rings. The van der Waals surface area contributed by atoms with Crippen molar-refractivity contribution >= 4 is 60.6 Å². The Balaban J connectivity index is 1.77. The molecule has 0 bridgehead atoms. The van der Waals surface area contributed by atoms with Crippen molar-refractivity contribution < 1.29 is 9.47 Å². The van der Waals surface area contributed by atoms with Crippen LogP contribution in [0.25, 0.3) is 10.9 Å². The van der Waals surface area contributed by atoms with E-state index >= 15 is 0 Å². The number of nitrogens with zero attached hydrogens (tertiary/aromatic N) is 4. The van der Waals surface area contributed by atoms with Crippen molar-refractivity contribution in [2.24, 2.45) is 5.10 Å². The maximum atomic E-state index is 13.5. The minimum Gasteiger partial charge on any atom is -0.490 e. The Bertz CT molecular complexity index is 1660. The normalized spacial score (nSPS) is 12.0. The second-order valence-electron chi connectivity index (χ2n) is 8.71. The summed E-state index contributed by atoms with van der Waals surface area (Å²) in [5.74, 6) is 1.32. The van der Waals surface area contributed by atoms with Gasteiger partial charge in [-0.3, -0.25) is 4.79 Å². The maximum absolute atomic E-state index is 13.5. The van der Waals surface area contributed by atoms with Gasteiger partial charge in [-0.15, -0.1) is 0 Å². The molecule has 10 heteroatoms. The standard InChI is InChI=1S/C29H25Br2ClN4O3/c1-4-17(3)28-35-23-11-10-21(30)13-22(23)29(37)36(28)34-15-20-12-24(38-5-2)27(26(32)25(20)31)39-16-19-9-7-6-8-18(19)14-33/h6-13,15,17H,4-5,16H2,1-3H3/t17-/m0/s1. The first-order valence-electron chi connectivity index (χ1n) is 12.3. The largest absolute Gasteiger partial charge is 0.490 e. The van der Waals surface area contributed by atoms with Gasteiger partial charge in [-0.05, 0) is 59.6 Å². The van der Waals surface area contributed by atoms with E-state index in [0.717, 1.165) is 16.5 Å². The maximum Gasteiger partial charge on any atom is 0.282 e. The third kappa shape index (κ3) is 6.19. The zero-order valence-corrected chi connectivity index (χ0v) is 25.5. The van der Waals surface area contributed by atoms with Gasteiger partial charge in [-0.1, -0.05) is 59.6 Å². The van der Waals surface area contributed by atoms with E-state index in [0.29, 0.717) is 50.4 Å². The SMILES string of the molecule is CCOc1cc(C=Nn2c([C@@H](C)CC)nc3ccc(Br)cc3c2=O)c(Br)c(Cl)c1OCc1ccccc1C#N. The Morgan fingerprint density at radius 1 is 1.18 bits per heavy atom. The van der Waals surface area contributed by atoms with Crippen molar-refractivity contribution in [3.63, 3.8) is 0 Å². The van der Waals surface area contributed by atoms with Crippen LogP contribution in [-0.2, 0) is 6.61 Å². The third-order valence-corrected chi connectivity index (χ3v) is 8.10. The summed E-state index contributed by atoms with van der Waals surface area (Å²) < 4.78 is 14.5. The lowest BCUT2D eigenvalue weighted by Gasteiger charge is -2.17. The molecule has 3 aromatic carbocycles. The Kier molecular flexibility index (Phi) is 9.44. The summed E-state index contributed by atoms with van der Waals surface area (Å²) in [6.07, 6.45) is 2.33. The highest BCUT2D eigenvalue weighted by Crippen LogP contribution is 2.42. The van der Waals surface area contributed by atoms with Crippen molar-refractivity contribution in [3.8, 4) is 17.6 Å². The molecule has 1 atom stereocenters. The number of rotatable bonds is 9. The summed E-state index contributed by atoms with van der Waals surface area (Å²) in [7, 11) is 0. The van der Waals surface area contributed by atoms with E-state index in [2.05, 4.69) is 43.0 Å². The molecule has 1 aromatic heterocycles. The predicted molar refractivity (Wildman–Crippen MR) is 161 cm³/mol. The van der Waals surface area contributed by atoms with Crippen LogP contribution in [0.2, 0.25) is 5.02 Å². The molecule has 200 valence electrons. The summed E-state index contributed by atoms with van der Waals surface area (Å²) in [5, 5.41) is 14.7. The quantitative estimate of drug-likeness (QED) is 0.169. The molecule has 0 saturated carbocycles. The molecule has 0 unspecified atom stereocenters. The van der Waals surface area contributed by atoms with Crippen LogP contribution in [0, 0.1) is 11.3 Å². The molecule has 0 radical (unpaired) electrons. The first kappa shape index (κ1) is 28.8. The average molecular weight is 673 g/mol. The van der Waals surface area contributed by atoms with Crippen LogP contribution < -0.4 is 15.0 Å². The van der Waals surface area contributed by atoms with Gasteiger partial charge in [-0.2, -0.15) is 15.0 Å². The molecule has 0 aliphatic rings. The molecular formula is C29H25Br2ClN4O3. The van der Waals surface area contributed by atoms with Gasteiger partial charge >= 0.3 is 0 Å². The summed E-state index contributed by atoms with van der Waals surface area (Å²) in [6, 6.07) is 16.5. The predicted octanol–water partition coefficient (Wildman–Crippen LogP) is 7.82. The second-order valence-corrected chi connectivity index (χ2v) is 10.8. The highest BCUT2D eigenvalue weighted by atomic mass is 79.9. The van der Waals surface area contributed by atoms with E-state index in [-0.39, 0.29) is 23.1 Å². The van der Waals surface area contributed by atoms with E-state index in [1.54, 1.807) is 30.5 Å². The first-order valence-corrected chi connectivity index (χ1v) is 14.3. The van der Waals surface area contributed by atoms with Crippen molar-refractivity contribution in [1.82, 2.24) is 9.66 Å².